The molecule has 0 rings (SSSR count). The summed E-state index contributed by atoms with van der Waals surface area (Å²) < 4.78 is 5.29. The molecule has 2 N–H and O–H groups in total. The Balaban J connectivity index is 3.69. The van der Waals surface area contributed by atoms with Gasteiger partial charge >= 0.3 is 5.97 Å². The fourth-order valence-electron chi connectivity index (χ4n) is 1.47. The van der Waals surface area contributed by atoms with Gasteiger partial charge in [0, 0.05) is 0 Å². The summed E-state index contributed by atoms with van der Waals surface area (Å²) in [5, 5.41) is 0. The van der Waals surface area contributed by atoms with Crippen LogP contribution in [0.5, 0.6) is 0 Å². The predicted octanol–water partition coefficient (Wildman–Crippen LogP) is 2.87. The minimum Gasteiger partial charge on any atom is -0.462 e. The van der Waals surface area contributed by atoms with Crippen molar-refractivity contribution < 1.29 is 9.53 Å². The molecular formula is C13H27NO2. The van der Waals surface area contributed by atoms with Gasteiger partial charge < -0.3 is 10.5 Å². The molecule has 0 amide bonds. The number of hydrogen-bond donors (Lipinski definition) is 1. The van der Waals surface area contributed by atoms with Crippen molar-refractivity contribution in [3.63, 3.8) is 0 Å². The lowest BCUT2D eigenvalue weighted by atomic mass is 10.1. The normalized spacial score (nSPS) is 14.9. The number of ether oxygens (including phenoxy) is 1. The van der Waals surface area contributed by atoms with E-state index in [2.05, 4.69) is 6.92 Å². The van der Waals surface area contributed by atoms with Gasteiger partial charge in [0.1, 0.15) is 6.04 Å². The molecule has 0 heterocycles. The van der Waals surface area contributed by atoms with Crippen molar-refractivity contribution in [2.24, 2.45) is 11.7 Å². The Hall–Kier alpha value is -0.570. The highest BCUT2D eigenvalue weighted by atomic mass is 16.5. The summed E-state index contributed by atoms with van der Waals surface area (Å²) in [5.74, 6) is -0.127. The Morgan fingerprint density at radius 3 is 2.31 bits per heavy atom. The van der Waals surface area contributed by atoms with E-state index in [-0.39, 0.29) is 18.0 Å². The van der Waals surface area contributed by atoms with Gasteiger partial charge in [0.05, 0.1) is 6.10 Å². The minimum atomic E-state index is -0.488. The lowest BCUT2D eigenvalue weighted by molar-refractivity contribution is -0.151. The van der Waals surface area contributed by atoms with Crippen LogP contribution in [0.15, 0.2) is 0 Å². The smallest absolute Gasteiger partial charge is 0.323 e. The summed E-state index contributed by atoms with van der Waals surface area (Å²) in [6.07, 6.45) is 5.76. The molecule has 0 bridgehead atoms. The first-order chi connectivity index (χ1) is 7.49. The fraction of sp³-hybridized carbons (Fsp3) is 0.923. The summed E-state index contributed by atoms with van der Waals surface area (Å²) in [5.41, 5.74) is 5.71. The first-order valence-corrected chi connectivity index (χ1v) is 6.45. The van der Waals surface area contributed by atoms with Gasteiger partial charge in [-0.1, -0.05) is 40.0 Å². The maximum absolute atomic E-state index is 11.5. The van der Waals surface area contributed by atoms with Crippen molar-refractivity contribution in [3.8, 4) is 0 Å². The number of nitrogens with two attached hydrogens (primary N) is 1. The van der Waals surface area contributed by atoms with Crippen LogP contribution in [-0.2, 0) is 9.53 Å². The van der Waals surface area contributed by atoms with Crippen LogP contribution < -0.4 is 5.73 Å². The summed E-state index contributed by atoms with van der Waals surface area (Å²) >= 11 is 0. The SMILES string of the molecule is CCCCCCC(C)OC(=O)[C@@H](N)C(C)C. The maximum Gasteiger partial charge on any atom is 0.323 e. The van der Waals surface area contributed by atoms with Gasteiger partial charge in [0.25, 0.3) is 0 Å². The maximum atomic E-state index is 11.5. The third-order valence-electron chi connectivity index (χ3n) is 2.77. The molecule has 3 heteroatoms. The molecule has 0 aliphatic carbocycles. The molecule has 0 spiro atoms. The number of hydrogen-bond acceptors (Lipinski definition) is 3. The average molecular weight is 229 g/mol. The van der Waals surface area contributed by atoms with Crippen molar-refractivity contribution in [1.29, 1.82) is 0 Å². The molecule has 3 nitrogen and oxygen atoms in total. The molecule has 0 saturated heterocycles. The predicted molar refractivity (Wildman–Crippen MR) is 67.1 cm³/mol. The third-order valence-corrected chi connectivity index (χ3v) is 2.77. The quantitative estimate of drug-likeness (QED) is 0.514. The first-order valence-electron chi connectivity index (χ1n) is 6.45. The topological polar surface area (TPSA) is 52.3 Å². The van der Waals surface area contributed by atoms with Crippen molar-refractivity contribution in [3.05, 3.63) is 0 Å². The van der Waals surface area contributed by atoms with E-state index < -0.39 is 6.04 Å². The molecule has 0 aliphatic heterocycles. The van der Waals surface area contributed by atoms with Gasteiger partial charge in [-0.25, -0.2) is 0 Å². The van der Waals surface area contributed by atoms with Gasteiger partial charge in [-0.05, 0) is 25.7 Å². The second-order valence-electron chi connectivity index (χ2n) is 4.87. The molecule has 0 aromatic carbocycles. The summed E-state index contributed by atoms with van der Waals surface area (Å²) in [6.45, 7) is 7.98. The Morgan fingerprint density at radius 1 is 1.19 bits per heavy atom. The van der Waals surface area contributed by atoms with Gasteiger partial charge in [-0.2, -0.15) is 0 Å². The van der Waals surface area contributed by atoms with Gasteiger partial charge in [-0.3, -0.25) is 4.79 Å². The molecule has 0 aromatic rings. The zero-order chi connectivity index (χ0) is 12.6. The van der Waals surface area contributed by atoms with Crippen molar-refractivity contribution >= 4 is 5.97 Å². The van der Waals surface area contributed by atoms with E-state index in [1.807, 2.05) is 20.8 Å². The molecule has 0 aliphatic rings. The summed E-state index contributed by atoms with van der Waals surface area (Å²) in [4.78, 5) is 11.5. The highest BCUT2D eigenvalue weighted by Gasteiger charge is 2.20. The van der Waals surface area contributed by atoms with E-state index in [0.29, 0.717) is 0 Å². The third kappa shape index (κ3) is 6.83. The van der Waals surface area contributed by atoms with E-state index in [0.717, 1.165) is 12.8 Å². The van der Waals surface area contributed by atoms with E-state index in [1.54, 1.807) is 0 Å². The highest BCUT2D eigenvalue weighted by Crippen LogP contribution is 2.10. The molecule has 16 heavy (non-hydrogen) atoms. The lowest BCUT2D eigenvalue weighted by Gasteiger charge is -2.18. The standard InChI is InChI=1S/C13H27NO2/c1-5-6-7-8-9-11(4)16-13(15)12(14)10(2)3/h10-12H,5-9,14H2,1-4H3/t11?,12-/m0/s1. The lowest BCUT2D eigenvalue weighted by Crippen LogP contribution is -2.38. The zero-order valence-corrected chi connectivity index (χ0v) is 11.2. The number of unbranched alkanes of at least 4 members (excludes halogenated alkanes) is 3. The molecule has 0 radical (unpaired) electrons. The van der Waals surface area contributed by atoms with Crippen LogP contribution in [0.1, 0.15) is 59.8 Å². The van der Waals surface area contributed by atoms with Gasteiger partial charge in [0.2, 0.25) is 0 Å². The average Bonchev–Trinajstić information content (AvgIpc) is 2.23. The molecule has 0 fully saturated rings. The molecule has 0 saturated carbocycles. The zero-order valence-electron chi connectivity index (χ0n) is 11.2. The molecule has 2 atom stereocenters. The van der Waals surface area contributed by atoms with Crippen LogP contribution in [0.25, 0.3) is 0 Å². The Bertz CT molecular complexity index is 192. The van der Waals surface area contributed by atoms with Gasteiger partial charge in [-0.15, -0.1) is 0 Å². The number of esters is 1. The summed E-state index contributed by atoms with van der Waals surface area (Å²) in [6, 6.07) is -0.488. The van der Waals surface area contributed by atoms with E-state index in [4.69, 9.17) is 10.5 Å². The van der Waals surface area contributed by atoms with Crippen LogP contribution in [0.3, 0.4) is 0 Å². The molecule has 0 aromatic heterocycles. The second-order valence-corrected chi connectivity index (χ2v) is 4.87. The Kier molecular flexibility index (Phi) is 8.26. The molecule has 1 unspecified atom stereocenters. The van der Waals surface area contributed by atoms with Crippen LogP contribution in [0.2, 0.25) is 0 Å². The fourth-order valence-corrected chi connectivity index (χ4v) is 1.47. The van der Waals surface area contributed by atoms with Crippen molar-refractivity contribution in [2.75, 3.05) is 0 Å². The van der Waals surface area contributed by atoms with Crippen LogP contribution in [0, 0.1) is 5.92 Å². The van der Waals surface area contributed by atoms with E-state index >= 15 is 0 Å². The number of carbonyl (C=O) groups excluding carboxylic acids is 1. The summed E-state index contributed by atoms with van der Waals surface area (Å²) in [7, 11) is 0. The van der Waals surface area contributed by atoms with E-state index in [9.17, 15) is 4.79 Å². The number of rotatable bonds is 8. The number of carbonyl (C=O) groups is 1. The minimum absolute atomic E-state index is 0.00541. The Labute approximate surface area is 99.7 Å². The second kappa shape index (κ2) is 8.57. The molecular weight excluding hydrogens is 202 g/mol. The highest BCUT2D eigenvalue weighted by molar-refractivity contribution is 5.75. The van der Waals surface area contributed by atoms with Crippen molar-refractivity contribution in [2.45, 2.75) is 71.9 Å². The Morgan fingerprint density at radius 2 is 1.81 bits per heavy atom. The first kappa shape index (κ1) is 15.4. The van der Waals surface area contributed by atoms with Gasteiger partial charge in [0.15, 0.2) is 0 Å². The van der Waals surface area contributed by atoms with Crippen LogP contribution in [-0.4, -0.2) is 18.1 Å². The molecule has 96 valence electrons. The van der Waals surface area contributed by atoms with Crippen LogP contribution >= 0.6 is 0 Å². The van der Waals surface area contributed by atoms with Crippen molar-refractivity contribution in [1.82, 2.24) is 0 Å². The van der Waals surface area contributed by atoms with E-state index in [1.165, 1.54) is 19.3 Å². The van der Waals surface area contributed by atoms with Crippen LogP contribution in [0.4, 0.5) is 0 Å². The largest absolute Gasteiger partial charge is 0.462 e. The monoisotopic (exact) mass is 229 g/mol.